The van der Waals surface area contributed by atoms with Gasteiger partial charge in [-0.1, -0.05) is 35.9 Å². The molecule has 0 bridgehead atoms. The fourth-order valence-electron chi connectivity index (χ4n) is 3.17. The third-order valence-corrected chi connectivity index (χ3v) is 4.07. The van der Waals surface area contributed by atoms with Gasteiger partial charge in [-0.15, -0.1) is 0 Å². The van der Waals surface area contributed by atoms with Crippen molar-refractivity contribution in [2.24, 2.45) is 5.92 Å². The topological polar surface area (TPSA) is 37.3 Å². The molecule has 0 radical (unpaired) electrons. The van der Waals surface area contributed by atoms with Gasteiger partial charge in [0.2, 0.25) is 0 Å². The molecule has 2 heteroatoms. The summed E-state index contributed by atoms with van der Waals surface area (Å²) in [5, 5.41) is 10.7. The number of allylic oxidation sites excluding steroid dienone is 1. The Morgan fingerprint density at radius 2 is 2.24 bits per heavy atom. The minimum absolute atomic E-state index is 0.196. The summed E-state index contributed by atoms with van der Waals surface area (Å²) >= 11 is 0. The number of fused-ring (bicyclic) bond motifs is 1. The summed E-state index contributed by atoms with van der Waals surface area (Å²) in [6.07, 6.45) is 3.83. The molecule has 0 heterocycles. The third-order valence-electron chi connectivity index (χ3n) is 4.07. The largest absolute Gasteiger partial charge is 0.384 e. The van der Waals surface area contributed by atoms with Gasteiger partial charge in [-0.25, -0.2) is 0 Å². The number of aliphatic hydroxyl groups is 1. The maximum absolute atomic E-state index is 11.7. The van der Waals surface area contributed by atoms with E-state index in [9.17, 15) is 9.90 Å². The lowest BCUT2D eigenvalue weighted by molar-refractivity contribution is -0.122. The van der Waals surface area contributed by atoms with E-state index in [-0.39, 0.29) is 11.7 Å². The van der Waals surface area contributed by atoms with Crippen LogP contribution in [0.5, 0.6) is 0 Å². The molecule has 0 aromatic heterocycles. The first-order valence-corrected chi connectivity index (χ1v) is 6.14. The summed E-state index contributed by atoms with van der Waals surface area (Å²) in [4.78, 5) is 11.7. The first-order chi connectivity index (χ1) is 8.11. The van der Waals surface area contributed by atoms with E-state index in [2.05, 4.69) is 6.07 Å². The van der Waals surface area contributed by atoms with Crippen LogP contribution in [0.3, 0.4) is 0 Å². The van der Waals surface area contributed by atoms with E-state index >= 15 is 0 Å². The van der Waals surface area contributed by atoms with E-state index in [1.807, 2.05) is 31.2 Å². The van der Waals surface area contributed by atoms with Crippen molar-refractivity contribution in [3.63, 3.8) is 0 Å². The van der Waals surface area contributed by atoms with Gasteiger partial charge in [0.15, 0.2) is 0 Å². The lowest BCUT2D eigenvalue weighted by Crippen LogP contribution is -2.32. The molecule has 3 rings (SSSR count). The van der Waals surface area contributed by atoms with E-state index < -0.39 is 5.60 Å². The van der Waals surface area contributed by atoms with Gasteiger partial charge in [0.25, 0.3) is 0 Å². The van der Waals surface area contributed by atoms with E-state index in [0.717, 1.165) is 11.1 Å². The van der Waals surface area contributed by atoms with Crippen molar-refractivity contribution < 1.29 is 9.90 Å². The van der Waals surface area contributed by atoms with Crippen LogP contribution in [-0.4, -0.2) is 16.5 Å². The average molecular weight is 228 g/mol. The highest BCUT2D eigenvalue weighted by Gasteiger charge is 2.51. The SMILES string of the molecule is Cc1cccc(C2=CC[C@@H]3C(=O)CC[C@@]23O)c1. The number of hydrogen-bond acceptors (Lipinski definition) is 2. The molecule has 0 unspecified atom stereocenters. The molecular formula is C15H16O2. The average Bonchev–Trinajstić information content (AvgIpc) is 2.77. The van der Waals surface area contributed by atoms with Gasteiger partial charge in [0.1, 0.15) is 11.4 Å². The number of aryl methyl sites for hydroxylation is 1. The Labute approximate surface area is 101 Å². The summed E-state index contributed by atoms with van der Waals surface area (Å²) in [7, 11) is 0. The molecule has 2 aliphatic carbocycles. The first-order valence-electron chi connectivity index (χ1n) is 6.14. The molecule has 17 heavy (non-hydrogen) atoms. The Kier molecular flexibility index (Phi) is 2.23. The Morgan fingerprint density at radius 3 is 3.00 bits per heavy atom. The Hall–Kier alpha value is -1.41. The molecule has 2 nitrogen and oxygen atoms in total. The molecule has 1 aromatic carbocycles. The predicted molar refractivity (Wildman–Crippen MR) is 66.5 cm³/mol. The number of hydrogen-bond donors (Lipinski definition) is 1. The molecule has 1 saturated carbocycles. The van der Waals surface area contributed by atoms with Crippen LogP contribution >= 0.6 is 0 Å². The van der Waals surface area contributed by atoms with E-state index in [1.54, 1.807) is 0 Å². The lowest BCUT2D eigenvalue weighted by atomic mass is 9.85. The molecule has 2 atom stereocenters. The summed E-state index contributed by atoms with van der Waals surface area (Å²) in [5.41, 5.74) is 2.30. The van der Waals surface area contributed by atoms with Crippen LogP contribution in [0, 0.1) is 12.8 Å². The molecule has 1 aromatic rings. The van der Waals surface area contributed by atoms with Gasteiger partial charge in [0, 0.05) is 6.42 Å². The Bertz CT molecular complexity index is 515. The highest BCUT2D eigenvalue weighted by Crippen LogP contribution is 2.49. The molecule has 0 spiro atoms. The number of rotatable bonds is 1. The van der Waals surface area contributed by atoms with Crippen LogP contribution in [0.25, 0.3) is 5.57 Å². The van der Waals surface area contributed by atoms with E-state index in [1.165, 1.54) is 5.56 Å². The minimum atomic E-state index is -0.898. The normalized spacial score (nSPS) is 31.5. The van der Waals surface area contributed by atoms with Crippen LogP contribution in [-0.2, 0) is 4.79 Å². The molecule has 1 fully saturated rings. The molecule has 1 N–H and O–H groups in total. The van der Waals surface area contributed by atoms with Crippen LogP contribution in [0.2, 0.25) is 0 Å². The van der Waals surface area contributed by atoms with Gasteiger partial charge in [-0.3, -0.25) is 4.79 Å². The van der Waals surface area contributed by atoms with Crippen molar-refractivity contribution in [3.05, 3.63) is 41.5 Å². The minimum Gasteiger partial charge on any atom is -0.384 e. The predicted octanol–water partition coefficient (Wildman–Crippen LogP) is 2.49. The van der Waals surface area contributed by atoms with Crippen molar-refractivity contribution in [2.75, 3.05) is 0 Å². The zero-order valence-corrected chi connectivity index (χ0v) is 9.94. The number of ketones is 1. The van der Waals surface area contributed by atoms with Crippen molar-refractivity contribution in [1.29, 1.82) is 0 Å². The third kappa shape index (κ3) is 1.48. The number of Topliss-reactive ketones (excluding diaryl/α,β-unsaturated/α-hetero) is 1. The lowest BCUT2D eigenvalue weighted by Gasteiger charge is -2.26. The summed E-state index contributed by atoms with van der Waals surface area (Å²) in [6.45, 7) is 2.04. The smallest absolute Gasteiger partial charge is 0.139 e. The second-order valence-corrected chi connectivity index (χ2v) is 5.17. The van der Waals surface area contributed by atoms with Crippen LogP contribution < -0.4 is 0 Å². The highest BCUT2D eigenvalue weighted by molar-refractivity contribution is 5.93. The van der Waals surface area contributed by atoms with E-state index in [4.69, 9.17) is 0 Å². The molecule has 0 saturated heterocycles. The van der Waals surface area contributed by atoms with Gasteiger partial charge in [0.05, 0.1) is 5.92 Å². The van der Waals surface area contributed by atoms with Crippen molar-refractivity contribution >= 4 is 11.4 Å². The fourth-order valence-corrected chi connectivity index (χ4v) is 3.17. The number of benzene rings is 1. The van der Waals surface area contributed by atoms with Gasteiger partial charge >= 0.3 is 0 Å². The molecule has 0 amide bonds. The van der Waals surface area contributed by atoms with Gasteiger partial charge in [-0.05, 0) is 30.9 Å². The van der Waals surface area contributed by atoms with Gasteiger partial charge < -0.3 is 5.11 Å². The molecule has 2 aliphatic rings. The number of carbonyl (C=O) groups is 1. The monoisotopic (exact) mass is 228 g/mol. The molecule has 88 valence electrons. The van der Waals surface area contributed by atoms with Gasteiger partial charge in [-0.2, -0.15) is 0 Å². The zero-order valence-electron chi connectivity index (χ0n) is 9.94. The maximum Gasteiger partial charge on any atom is 0.139 e. The summed E-state index contributed by atoms with van der Waals surface area (Å²) in [5.74, 6) is 0.0180. The fraction of sp³-hybridized carbons (Fsp3) is 0.400. The summed E-state index contributed by atoms with van der Waals surface area (Å²) in [6, 6.07) is 8.14. The van der Waals surface area contributed by atoms with Crippen molar-refractivity contribution in [3.8, 4) is 0 Å². The Balaban J connectivity index is 2.03. The van der Waals surface area contributed by atoms with Crippen molar-refractivity contribution in [2.45, 2.75) is 31.8 Å². The summed E-state index contributed by atoms with van der Waals surface area (Å²) < 4.78 is 0. The first kappa shape index (κ1) is 10.7. The standard InChI is InChI=1S/C15H16O2/c1-10-3-2-4-11(9-10)12-5-6-13-14(16)7-8-15(12,13)17/h2-5,9,13,17H,6-8H2,1H3/t13-,15-/m1/s1. The van der Waals surface area contributed by atoms with Crippen LogP contribution in [0.1, 0.15) is 30.4 Å². The highest BCUT2D eigenvalue weighted by atomic mass is 16.3. The number of carbonyl (C=O) groups excluding carboxylic acids is 1. The van der Waals surface area contributed by atoms with Crippen LogP contribution in [0.15, 0.2) is 30.3 Å². The molecular weight excluding hydrogens is 212 g/mol. The Morgan fingerprint density at radius 1 is 1.41 bits per heavy atom. The van der Waals surface area contributed by atoms with Crippen molar-refractivity contribution in [1.82, 2.24) is 0 Å². The second-order valence-electron chi connectivity index (χ2n) is 5.17. The maximum atomic E-state index is 11.7. The zero-order chi connectivity index (χ0) is 12.0. The quantitative estimate of drug-likeness (QED) is 0.801. The second kappa shape index (κ2) is 3.54. The molecule has 0 aliphatic heterocycles. The van der Waals surface area contributed by atoms with E-state index in [0.29, 0.717) is 19.3 Å². The van der Waals surface area contributed by atoms with Crippen LogP contribution in [0.4, 0.5) is 0 Å².